The zero-order chi connectivity index (χ0) is 10.8. The van der Waals surface area contributed by atoms with E-state index in [-0.39, 0.29) is 17.6 Å². The summed E-state index contributed by atoms with van der Waals surface area (Å²) in [6.45, 7) is 1.32. The Kier molecular flexibility index (Phi) is 3.05. The summed E-state index contributed by atoms with van der Waals surface area (Å²) in [6.07, 6.45) is 3.88. The van der Waals surface area contributed by atoms with Crippen LogP contribution in [0.5, 0.6) is 0 Å². The van der Waals surface area contributed by atoms with Gasteiger partial charge in [0, 0.05) is 25.6 Å². The highest BCUT2D eigenvalue weighted by atomic mass is 19.1. The molecule has 2 rings (SSSR count). The summed E-state index contributed by atoms with van der Waals surface area (Å²) in [4.78, 5) is 1.78. The van der Waals surface area contributed by atoms with E-state index in [0.29, 0.717) is 25.9 Å². The maximum atomic E-state index is 13.5. The minimum atomic E-state index is -0.408. The molecule has 0 bridgehead atoms. The summed E-state index contributed by atoms with van der Waals surface area (Å²) < 4.78 is 27.0. The number of nitrogens with zero attached hydrogens (tertiary/aromatic N) is 1. The van der Waals surface area contributed by atoms with Gasteiger partial charge in [-0.05, 0) is 25.3 Å². The number of hydrogen-bond acceptors (Lipinski definition) is 2. The van der Waals surface area contributed by atoms with Gasteiger partial charge in [-0.15, -0.1) is 0 Å². The first-order valence-electron chi connectivity index (χ1n) is 5.43. The molecule has 84 valence electrons. The fourth-order valence-electron chi connectivity index (χ4n) is 2.12. The second-order valence-corrected chi connectivity index (χ2v) is 4.17. The lowest BCUT2D eigenvalue weighted by molar-refractivity contribution is 0.248. The van der Waals surface area contributed by atoms with Crippen molar-refractivity contribution >= 4 is 0 Å². The van der Waals surface area contributed by atoms with Crippen LogP contribution in [0.2, 0.25) is 0 Å². The summed E-state index contributed by atoms with van der Waals surface area (Å²) in [6, 6.07) is 0.181. The summed E-state index contributed by atoms with van der Waals surface area (Å²) >= 11 is 0. The molecule has 4 heteroatoms. The highest BCUT2D eigenvalue weighted by molar-refractivity contribution is 5.30. The minimum absolute atomic E-state index is 0.174. The van der Waals surface area contributed by atoms with Crippen LogP contribution in [-0.2, 0) is 0 Å². The van der Waals surface area contributed by atoms with E-state index in [9.17, 15) is 8.78 Å². The van der Waals surface area contributed by atoms with Crippen LogP contribution in [0.25, 0.3) is 0 Å². The van der Waals surface area contributed by atoms with E-state index in [1.165, 1.54) is 6.08 Å². The molecule has 1 heterocycles. The molecule has 0 aromatic rings. The van der Waals surface area contributed by atoms with Gasteiger partial charge < -0.3 is 10.6 Å². The molecule has 0 radical (unpaired) electrons. The van der Waals surface area contributed by atoms with Crippen molar-refractivity contribution in [3.8, 4) is 0 Å². The van der Waals surface area contributed by atoms with E-state index < -0.39 is 5.83 Å². The first-order valence-corrected chi connectivity index (χ1v) is 5.43. The van der Waals surface area contributed by atoms with Gasteiger partial charge in [-0.2, -0.15) is 0 Å². The highest BCUT2D eigenvalue weighted by Crippen LogP contribution is 2.31. The van der Waals surface area contributed by atoms with Gasteiger partial charge in [0.05, 0.1) is 0 Å². The normalized spacial score (nSPS) is 24.5. The zero-order valence-corrected chi connectivity index (χ0v) is 8.68. The number of halogens is 2. The Morgan fingerprint density at radius 1 is 1.27 bits per heavy atom. The molecule has 2 aliphatic rings. The minimum Gasteiger partial charge on any atom is -0.367 e. The first-order chi connectivity index (χ1) is 7.18. The van der Waals surface area contributed by atoms with Gasteiger partial charge in [-0.25, -0.2) is 8.78 Å². The van der Waals surface area contributed by atoms with E-state index >= 15 is 0 Å². The fourth-order valence-corrected chi connectivity index (χ4v) is 2.12. The molecule has 0 saturated carbocycles. The third kappa shape index (κ3) is 2.20. The van der Waals surface area contributed by atoms with Gasteiger partial charge in [0.1, 0.15) is 17.4 Å². The molecule has 1 aliphatic heterocycles. The third-order valence-electron chi connectivity index (χ3n) is 3.03. The van der Waals surface area contributed by atoms with E-state index in [1.54, 1.807) is 4.90 Å². The monoisotopic (exact) mass is 214 g/mol. The van der Waals surface area contributed by atoms with Crippen molar-refractivity contribution in [2.24, 2.45) is 5.73 Å². The second-order valence-electron chi connectivity index (χ2n) is 4.17. The number of likely N-dealkylation sites (tertiary alicyclic amines) is 1. The van der Waals surface area contributed by atoms with Crippen LogP contribution in [0, 0.1) is 0 Å². The first kappa shape index (κ1) is 10.6. The third-order valence-corrected chi connectivity index (χ3v) is 3.03. The predicted molar refractivity (Wildman–Crippen MR) is 55.3 cm³/mol. The molecule has 0 aromatic heterocycles. The van der Waals surface area contributed by atoms with Crippen molar-refractivity contribution in [3.05, 3.63) is 23.4 Å². The number of allylic oxidation sites excluding steroid dienone is 3. The van der Waals surface area contributed by atoms with E-state index in [4.69, 9.17) is 5.73 Å². The maximum absolute atomic E-state index is 13.5. The van der Waals surface area contributed by atoms with Crippen LogP contribution in [0.15, 0.2) is 23.4 Å². The number of hydrogen-bond donors (Lipinski definition) is 1. The van der Waals surface area contributed by atoms with Gasteiger partial charge >= 0.3 is 0 Å². The van der Waals surface area contributed by atoms with Crippen LogP contribution in [0.4, 0.5) is 8.78 Å². The molecule has 2 N–H and O–H groups in total. The van der Waals surface area contributed by atoms with Gasteiger partial charge in [0.25, 0.3) is 0 Å². The van der Waals surface area contributed by atoms with Crippen molar-refractivity contribution in [3.63, 3.8) is 0 Å². The van der Waals surface area contributed by atoms with Crippen molar-refractivity contribution in [1.82, 2.24) is 4.90 Å². The van der Waals surface area contributed by atoms with Gasteiger partial charge in [-0.1, -0.05) is 0 Å². The molecule has 15 heavy (non-hydrogen) atoms. The largest absolute Gasteiger partial charge is 0.367 e. The van der Waals surface area contributed by atoms with Crippen molar-refractivity contribution in [2.75, 3.05) is 13.1 Å². The molecule has 0 amide bonds. The Morgan fingerprint density at radius 2 is 1.93 bits per heavy atom. The molecule has 1 saturated heterocycles. The Bertz CT molecular complexity index is 302. The van der Waals surface area contributed by atoms with Gasteiger partial charge in [-0.3, -0.25) is 0 Å². The van der Waals surface area contributed by atoms with E-state index in [1.807, 2.05) is 0 Å². The smallest absolute Gasteiger partial charge is 0.145 e. The lowest BCUT2D eigenvalue weighted by Gasteiger charge is -2.34. The molecular formula is C11H16F2N2. The maximum Gasteiger partial charge on any atom is 0.145 e. The lowest BCUT2D eigenvalue weighted by Crippen LogP contribution is -2.39. The Morgan fingerprint density at radius 3 is 2.53 bits per heavy atom. The fraction of sp³-hybridized carbons (Fsp3) is 0.636. The second kappa shape index (κ2) is 4.31. The molecular weight excluding hydrogens is 198 g/mol. The molecule has 0 unspecified atom stereocenters. The Balaban J connectivity index is 2.12. The Labute approximate surface area is 88.4 Å². The zero-order valence-electron chi connectivity index (χ0n) is 8.68. The summed E-state index contributed by atoms with van der Waals surface area (Å²) in [7, 11) is 0. The average molecular weight is 214 g/mol. The standard InChI is InChI=1S/C11H16F2N2/c12-9-2-1-3-10(13)11(9)15-6-4-8(14)5-7-15/h2,8H,1,3-7,14H2. The van der Waals surface area contributed by atoms with Crippen LogP contribution in [0.1, 0.15) is 25.7 Å². The van der Waals surface area contributed by atoms with Crippen LogP contribution < -0.4 is 5.73 Å². The van der Waals surface area contributed by atoms with Crippen LogP contribution in [0.3, 0.4) is 0 Å². The molecule has 2 nitrogen and oxygen atoms in total. The molecule has 1 fully saturated rings. The number of piperidine rings is 1. The summed E-state index contributed by atoms with van der Waals surface area (Å²) in [5, 5.41) is 0. The van der Waals surface area contributed by atoms with Crippen molar-refractivity contribution < 1.29 is 8.78 Å². The SMILES string of the molecule is NC1CCN(C2=C(F)CCC=C2F)CC1. The lowest BCUT2D eigenvalue weighted by atomic mass is 10.0. The van der Waals surface area contributed by atoms with Crippen molar-refractivity contribution in [2.45, 2.75) is 31.7 Å². The molecule has 0 spiro atoms. The molecule has 0 atom stereocenters. The quantitative estimate of drug-likeness (QED) is 0.725. The average Bonchev–Trinajstić information content (AvgIpc) is 2.20. The molecule has 1 aliphatic carbocycles. The van der Waals surface area contributed by atoms with Crippen LogP contribution in [-0.4, -0.2) is 24.0 Å². The number of rotatable bonds is 1. The number of nitrogens with two attached hydrogens (primary N) is 1. The predicted octanol–water partition coefficient (Wildman–Crippen LogP) is 2.24. The highest BCUT2D eigenvalue weighted by Gasteiger charge is 2.25. The summed E-state index contributed by atoms with van der Waals surface area (Å²) in [5.41, 5.74) is 5.93. The van der Waals surface area contributed by atoms with Gasteiger partial charge in [0.2, 0.25) is 0 Å². The van der Waals surface area contributed by atoms with E-state index in [0.717, 1.165) is 12.8 Å². The van der Waals surface area contributed by atoms with Gasteiger partial charge in [0.15, 0.2) is 0 Å². The van der Waals surface area contributed by atoms with E-state index in [2.05, 4.69) is 0 Å². The van der Waals surface area contributed by atoms with Crippen molar-refractivity contribution in [1.29, 1.82) is 0 Å². The van der Waals surface area contributed by atoms with Crippen LogP contribution >= 0.6 is 0 Å². The summed E-state index contributed by atoms with van der Waals surface area (Å²) in [5.74, 6) is -0.723. The molecule has 0 aromatic carbocycles. The topological polar surface area (TPSA) is 29.3 Å². The Hall–Kier alpha value is -0.900.